The molecule has 0 amide bonds. The van der Waals surface area contributed by atoms with Gasteiger partial charge in [0.1, 0.15) is 11.5 Å². The second-order valence-corrected chi connectivity index (χ2v) is 11.4. The number of carbonyl (C=O) groups is 2. The van der Waals surface area contributed by atoms with E-state index in [4.69, 9.17) is 41.8 Å². The number of hydrogen-bond acceptors (Lipinski definition) is 10. The average molecular weight is 672 g/mol. The molecular formula is C32H28Cl2N2O8S. The van der Waals surface area contributed by atoms with Crippen LogP contribution >= 0.6 is 34.5 Å². The number of ether oxygens (including phenoxy) is 4. The molecule has 0 spiro atoms. The molecule has 13 heteroatoms. The molecule has 0 bridgehead atoms. The van der Waals surface area contributed by atoms with Crippen molar-refractivity contribution in [3.63, 3.8) is 0 Å². The molecule has 0 unspecified atom stereocenters. The molecule has 1 aliphatic rings. The lowest BCUT2D eigenvalue weighted by Crippen LogP contribution is -2.40. The Kier molecular flexibility index (Phi) is 9.81. The molecule has 0 fully saturated rings. The molecule has 0 saturated carbocycles. The molecule has 45 heavy (non-hydrogen) atoms. The summed E-state index contributed by atoms with van der Waals surface area (Å²) in [6.07, 6.45) is 1.61. The lowest BCUT2D eigenvalue weighted by atomic mass is 9.95. The second-order valence-electron chi connectivity index (χ2n) is 9.61. The average Bonchev–Trinajstić information content (AvgIpc) is 3.61. The summed E-state index contributed by atoms with van der Waals surface area (Å²) in [4.78, 5) is 44.0. The third kappa shape index (κ3) is 6.56. The summed E-state index contributed by atoms with van der Waals surface area (Å²) >= 11 is 13.7. The number of benzene rings is 2. The van der Waals surface area contributed by atoms with E-state index in [0.29, 0.717) is 65.8 Å². The minimum absolute atomic E-state index is 0.134. The first-order chi connectivity index (χ1) is 21.7. The molecule has 1 atom stereocenters. The summed E-state index contributed by atoms with van der Waals surface area (Å²) in [5.74, 6) is 0.354. The molecule has 0 saturated heterocycles. The van der Waals surface area contributed by atoms with Gasteiger partial charge >= 0.3 is 11.9 Å². The van der Waals surface area contributed by atoms with Gasteiger partial charge in [-0.1, -0.05) is 46.7 Å². The van der Waals surface area contributed by atoms with Gasteiger partial charge in [-0.2, -0.15) is 0 Å². The fourth-order valence-electron chi connectivity index (χ4n) is 4.78. The van der Waals surface area contributed by atoms with Crippen molar-refractivity contribution in [2.24, 2.45) is 4.99 Å². The van der Waals surface area contributed by atoms with Crippen LogP contribution in [0.5, 0.6) is 11.5 Å². The number of esters is 2. The van der Waals surface area contributed by atoms with E-state index in [-0.39, 0.29) is 24.3 Å². The van der Waals surface area contributed by atoms with Crippen LogP contribution < -0.4 is 24.4 Å². The van der Waals surface area contributed by atoms with Crippen LogP contribution in [0.1, 0.15) is 38.1 Å². The van der Waals surface area contributed by atoms with E-state index in [2.05, 4.69) is 9.73 Å². The van der Waals surface area contributed by atoms with Crippen LogP contribution in [-0.2, 0) is 19.1 Å². The Bertz CT molecular complexity index is 1990. The first kappa shape index (κ1) is 32.1. The van der Waals surface area contributed by atoms with Crippen molar-refractivity contribution in [3.8, 4) is 22.8 Å². The first-order valence-electron chi connectivity index (χ1n) is 13.9. The van der Waals surface area contributed by atoms with Crippen molar-refractivity contribution in [3.05, 3.63) is 101 Å². The number of furan rings is 1. The molecule has 2 aromatic carbocycles. The Morgan fingerprint density at radius 1 is 1.07 bits per heavy atom. The zero-order valence-corrected chi connectivity index (χ0v) is 27.0. The van der Waals surface area contributed by atoms with Crippen molar-refractivity contribution in [2.45, 2.75) is 26.8 Å². The maximum atomic E-state index is 14.0. The lowest BCUT2D eigenvalue weighted by Gasteiger charge is -2.25. The maximum absolute atomic E-state index is 14.0. The quantitative estimate of drug-likeness (QED) is 0.208. The Balaban J connectivity index is 1.62. The Morgan fingerprint density at radius 2 is 1.87 bits per heavy atom. The number of methoxy groups -OCH3 is 1. The van der Waals surface area contributed by atoms with Crippen molar-refractivity contribution in [1.29, 1.82) is 0 Å². The number of carbonyl (C=O) groups excluding carboxylic acids is 2. The van der Waals surface area contributed by atoms with E-state index in [1.807, 2.05) is 0 Å². The lowest BCUT2D eigenvalue weighted by molar-refractivity contribution is -0.143. The van der Waals surface area contributed by atoms with Gasteiger partial charge < -0.3 is 23.4 Å². The van der Waals surface area contributed by atoms with E-state index in [9.17, 15) is 14.4 Å². The highest BCUT2D eigenvalue weighted by Crippen LogP contribution is 2.37. The number of allylic oxidation sites excluding steroid dienone is 1. The number of fused-ring (bicyclic) bond motifs is 1. The molecule has 10 nitrogen and oxygen atoms in total. The minimum atomic E-state index is -0.895. The van der Waals surface area contributed by atoms with Crippen molar-refractivity contribution >= 4 is 52.6 Å². The Hall–Kier alpha value is -4.32. The summed E-state index contributed by atoms with van der Waals surface area (Å²) in [6.45, 7) is 5.31. The molecule has 3 heterocycles. The summed E-state index contributed by atoms with van der Waals surface area (Å²) in [5, 5.41) is 0.748. The van der Waals surface area contributed by atoms with Crippen LogP contribution in [0.2, 0.25) is 10.0 Å². The van der Waals surface area contributed by atoms with Gasteiger partial charge in [-0.15, -0.1) is 0 Å². The van der Waals surface area contributed by atoms with Crippen LogP contribution in [-0.4, -0.2) is 43.4 Å². The monoisotopic (exact) mass is 670 g/mol. The molecule has 0 radical (unpaired) electrons. The Labute approximate surface area is 271 Å². The fourth-order valence-corrected chi connectivity index (χ4v) is 6.20. The highest BCUT2D eigenvalue weighted by atomic mass is 35.5. The summed E-state index contributed by atoms with van der Waals surface area (Å²) in [7, 11) is 1.26. The van der Waals surface area contributed by atoms with Crippen molar-refractivity contribution < 1.29 is 33.0 Å². The number of thiazole rings is 1. The van der Waals surface area contributed by atoms with Gasteiger partial charge in [0, 0.05) is 11.6 Å². The number of halogens is 2. The molecule has 5 rings (SSSR count). The fraction of sp³-hybridized carbons (Fsp3) is 0.250. The van der Waals surface area contributed by atoms with Crippen molar-refractivity contribution in [2.75, 3.05) is 26.9 Å². The van der Waals surface area contributed by atoms with E-state index in [0.717, 1.165) is 11.3 Å². The summed E-state index contributed by atoms with van der Waals surface area (Å²) in [5.41, 5.74) is 1.39. The molecule has 0 N–H and O–H groups in total. The molecule has 2 aromatic heterocycles. The largest absolute Gasteiger partial charge is 0.490 e. The summed E-state index contributed by atoms with van der Waals surface area (Å²) < 4.78 is 29.3. The molecule has 234 valence electrons. The van der Waals surface area contributed by atoms with Gasteiger partial charge in [0.25, 0.3) is 5.56 Å². The van der Waals surface area contributed by atoms with E-state index in [1.165, 1.54) is 11.7 Å². The van der Waals surface area contributed by atoms with E-state index >= 15 is 0 Å². The highest BCUT2D eigenvalue weighted by molar-refractivity contribution is 7.07. The van der Waals surface area contributed by atoms with Gasteiger partial charge in [0.2, 0.25) is 0 Å². The predicted octanol–water partition coefficient (Wildman–Crippen LogP) is 5.32. The third-order valence-electron chi connectivity index (χ3n) is 6.79. The standard InChI is InChI=1S/C32H28Cl2N2O8S/c1-5-41-24-14-18(10-12-23(24)43-16-26(37)40-4)29-27(31(39)42-6-2)17(3)35-32-36(29)30(38)25(45-32)15-19-11-13-22(44-19)20-8-7-9-21(33)28(20)34/h7-15,29H,5-6,16H2,1-4H3/b25-15+/t29-/m0/s1. The number of aromatic nitrogens is 1. The predicted molar refractivity (Wildman–Crippen MR) is 170 cm³/mol. The van der Waals surface area contributed by atoms with Crippen LogP contribution in [0.3, 0.4) is 0 Å². The smallest absolute Gasteiger partial charge is 0.343 e. The zero-order chi connectivity index (χ0) is 32.2. The van der Waals surface area contributed by atoms with E-state index < -0.39 is 18.0 Å². The van der Waals surface area contributed by atoms with E-state index in [1.54, 1.807) is 75.4 Å². The van der Waals surface area contributed by atoms with Crippen LogP contribution in [0, 0.1) is 0 Å². The number of hydrogen-bond donors (Lipinski definition) is 0. The van der Waals surface area contributed by atoms with Crippen LogP contribution in [0.4, 0.5) is 0 Å². The second kappa shape index (κ2) is 13.8. The molecule has 1 aliphatic heterocycles. The Morgan fingerprint density at radius 3 is 2.60 bits per heavy atom. The summed E-state index contributed by atoms with van der Waals surface area (Å²) in [6, 6.07) is 12.8. The van der Waals surface area contributed by atoms with Gasteiger partial charge in [0.15, 0.2) is 22.9 Å². The van der Waals surface area contributed by atoms with Crippen LogP contribution in [0.25, 0.3) is 17.4 Å². The number of nitrogens with zero attached hydrogens (tertiary/aromatic N) is 2. The first-order valence-corrected chi connectivity index (χ1v) is 15.4. The minimum Gasteiger partial charge on any atom is -0.490 e. The number of rotatable bonds is 10. The highest BCUT2D eigenvalue weighted by Gasteiger charge is 2.34. The van der Waals surface area contributed by atoms with Crippen LogP contribution in [0.15, 0.2) is 74.0 Å². The molecule has 0 aliphatic carbocycles. The zero-order valence-electron chi connectivity index (χ0n) is 24.7. The third-order valence-corrected chi connectivity index (χ3v) is 8.59. The van der Waals surface area contributed by atoms with Gasteiger partial charge in [-0.05, 0) is 62.7 Å². The van der Waals surface area contributed by atoms with Gasteiger partial charge in [-0.3, -0.25) is 9.36 Å². The molecule has 4 aromatic rings. The topological polar surface area (TPSA) is 119 Å². The maximum Gasteiger partial charge on any atom is 0.343 e. The van der Waals surface area contributed by atoms with Gasteiger partial charge in [0.05, 0.1) is 52.2 Å². The van der Waals surface area contributed by atoms with Gasteiger partial charge in [-0.25, -0.2) is 14.6 Å². The molecular weight excluding hydrogens is 643 g/mol. The SMILES string of the molecule is CCOC(=O)C1=C(C)N=c2s/c(=C/c3ccc(-c4cccc(Cl)c4Cl)o3)c(=O)n2[C@H]1c1ccc(OCC(=O)OC)c(OCC)c1. The normalized spacial score (nSPS) is 14.5. The van der Waals surface area contributed by atoms with Crippen molar-refractivity contribution in [1.82, 2.24) is 4.57 Å².